The van der Waals surface area contributed by atoms with Crippen LogP contribution in [0.5, 0.6) is 0 Å². The fraction of sp³-hybridized carbons (Fsp3) is 0.909. The first-order chi connectivity index (χ1) is 6.99. The third kappa shape index (κ3) is 6.47. The van der Waals surface area contributed by atoms with Gasteiger partial charge in [-0.15, -0.1) is 0 Å². The van der Waals surface area contributed by atoms with E-state index in [1.54, 1.807) is 0 Å². The van der Waals surface area contributed by atoms with E-state index in [1.807, 2.05) is 27.7 Å². The monoisotopic (exact) mass is 217 g/mol. The van der Waals surface area contributed by atoms with Gasteiger partial charge in [-0.2, -0.15) is 0 Å². The lowest BCUT2D eigenvalue weighted by atomic mass is 10.0. The van der Waals surface area contributed by atoms with Gasteiger partial charge in [0, 0.05) is 0 Å². The number of nitrogens with two attached hydrogens (primary N) is 1. The molecular weight excluding hydrogens is 194 g/mol. The summed E-state index contributed by atoms with van der Waals surface area (Å²) in [5.41, 5.74) is 5.70. The van der Waals surface area contributed by atoms with Gasteiger partial charge in [0.25, 0.3) is 0 Å². The number of carbonyl (C=O) groups is 1. The van der Waals surface area contributed by atoms with Crippen molar-refractivity contribution < 1.29 is 14.3 Å². The Bertz CT molecular complexity index is 183. The van der Waals surface area contributed by atoms with E-state index in [1.165, 1.54) is 0 Å². The first-order valence-corrected chi connectivity index (χ1v) is 5.52. The molecule has 0 radical (unpaired) electrons. The van der Waals surface area contributed by atoms with Gasteiger partial charge in [-0.05, 0) is 19.8 Å². The first kappa shape index (κ1) is 14.4. The van der Waals surface area contributed by atoms with Crippen LogP contribution in [0.1, 0.15) is 34.1 Å². The average Bonchev–Trinajstić information content (AvgIpc) is 2.21. The quantitative estimate of drug-likeness (QED) is 0.516. The van der Waals surface area contributed by atoms with Crippen LogP contribution in [0.25, 0.3) is 0 Å². The van der Waals surface area contributed by atoms with E-state index in [4.69, 9.17) is 15.2 Å². The Balaban J connectivity index is 3.65. The molecule has 0 aliphatic heterocycles. The van der Waals surface area contributed by atoms with E-state index < -0.39 is 6.04 Å². The lowest BCUT2D eigenvalue weighted by molar-refractivity contribution is -0.148. The minimum absolute atomic E-state index is 0.156. The Hall–Kier alpha value is -0.610. The van der Waals surface area contributed by atoms with Crippen molar-refractivity contribution >= 4 is 5.97 Å². The van der Waals surface area contributed by atoms with Crippen molar-refractivity contribution in [1.29, 1.82) is 0 Å². The highest BCUT2D eigenvalue weighted by Crippen LogP contribution is 2.06. The van der Waals surface area contributed by atoms with Crippen LogP contribution in [-0.4, -0.2) is 31.3 Å². The Morgan fingerprint density at radius 3 is 2.33 bits per heavy atom. The number of ether oxygens (including phenoxy) is 2. The second kappa shape index (κ2) is 7.65. The molecule has 0 amide bonds. The van der Waals surface area contributed by atoms with Crippen molar-refractivity contribution in [2.24, 2.45) is 11.7 Å². The molecule has 0 heterocycles. The highest BCUT2D eigenvalue weighted by molar-refractivity contribution is 5.75. The molecule has 0 aromatic rings. The molecule has 0 saturated carbocycles. The van der Waals surface area contributed by atoms with E-state index >= 15 is 0 Å². The van der Waals surface area contributed by atoms with E-state index in [-0.39, 0.29) is 24.6 Å². The standard InChI is InChI=1S/C11H23NO3/c1-5-9(4)10(12)11(13)15-7-6-14-8(2)3/h8-10H,5-7,12H2,1-4H3/t9?,10-/m0/s1. The summed E-state index contributed by atoms with van der Waals surface area (Å²) < 4.78 is 10.2. The first-order valence-electron chi connectivity index (χ1n) is 5.52. The molecule has 0 aliphatic carbocycles. The Morgan fingerprint density at radius 2 is 1.87 bits per heavy atom. The summed E-state index contributed by atoms with van der Waals surface area (Å²) in [6, 6.07) is -0.519. The number of esters is 1. The molecular formula is C11H23NO3. The van der Waals surface area contributed by atoms with Crippen LogP contribution >= 0.6 is 0 Å². The summed E-state index contributed by atoms with van der Waals surface area (Å²) in [5, 5.41) is 0. The second-order valence-corrected chi connectivity index (χ2v) is 4.00. The normalized spacial score (nSPS) is 15.1. The maximum Gasteiger partial charge on any atom is 0.323 e. The van der Waals surface area contributed by atoms with E-state index in [0.29, 0.717) is 6.61 Å². The number of hydrogen-bond acceptors (Lipinski definition) is 4. The highest BCUT2D eigenvalue weighted by Gasteiger charge is 2.20. The molecule has 90 valence electrons. The van der Waals surface area contributed by atoms with Crippen molar-refractivity contribution in [2.45, 2.75) is 46.3 Å². The predicted octanol–water partition coefficient (Wildman–Crippen LogP) is 1.33. The summed E-state index contributed by atoms with van der Waals surface area (Å²) >= 11 is 0. The summed E-state index contributed by atoms with van der Waals surface area (Å²) in [7, 11) is 0. The predicted molar refractivity (Wildman–Crippen MR) is 59.5 cm³/mol. The van der Waals surface area contributed by atoms with Crippen molar-refractivity contribution in [2.75, 3.05) is 13.2 Å². The molecule has 0 aliphatic rings. The van der Waals surface area contributed by atoms with Gasteiger partial charge in [0.1, 0.15) is 12.6 Å². The largest absolute Gasteiger partial charge is 0.462 e. The Morgan fingerprint density at radius 1 is 1.27 bits per heavy atom. The molecule has 2 N–H and O–H groups in total. The maximum atomic E-state index is 11.4. The van der Waals surface area contributed by atoms with Crippen LogP contribution in [-0.2, 0) is 14.3 Å². The van der Waals surface area contributed by atoms with Gasteiger partial charge in [0.15, 0.2) is 0 Å². The fourth-order valence-electron chi connectivity index (χ4n) is 1.01. The van der Waals surface area contributed by atoms with Crippen LogP contribution in [0.2, 0.25) is 0 Å². The molecule has 1 unspecified atom stereocenters. The zero-order chi connectivity index (χ0) is 11.8. The molecule has 0 saturated heterocycles. The van der Waals surface area contributed by atoms with Gasteiger partial charge in [-0.3, -0.25) is 4.79 Å². The molecule has 0 spiro atoms. The molecule has 4 heteroatoms. The van der Waals surface area contributed by atoms with Crippen molar-refractivity contribution in [3.63, 3.8) is 0 Å². The third-order valence-electron chi connectivity index (χ3n) is 2.31. The molecule has 2 atom stereocenters. The van der Waals surface area contributed by atoms with E-state index in [0.717, 1.165) is 6.42 Å². The number of rotatable bonds is 7. The minimum Gasteiger partial charge on any atom is -0.462 e. The summed E-state index contributed by atoms with van der Waals surface area (Å²) in [5.74, 6) is -0.180. The lowest BCUT2D eigenvalue weighted by Crippen LogP contribution is -2.38. The fourth-order valence-corrected chi connectivity index (χ4v) is 1.01. The van der Waals surface area contributed by atoms with E-state index in [2.05, 4.69) is 0 Å². The van der Waals surface area contributed by atoms with Crippen molar-refractivity contribution in [3.8, 4) is 0 Å². The third-order valence-corrected chi connectivity index (χ3v) is 2.31. The van der Waals surface area contributed by atoms with Gasteiger partial charge in [-0.25, -0.2) is 0 Å². The molecule has 0 aromatic heterocycles. The molecule has 0 rings (SSSR count). The van der Waals surface area contributed by atoms with Crippen LogP contribution in [0.15, 0.2) is 0 Å². The molecule has 15 heavy (non-hydrogen) atoms. The van der Waals surface area contributed by atoms with Crippen molar-refractivity contribution in [3.05, 3.63) is 0 Å². The van der Waals surface area contributed by atoms with Gasteiger partial charge in [0.05, 0.1) is 12.7 Å². The average molecular weight is 217 g/mol. The molecule has 0 aromatic carbocycles. The zero-order valence-corrected chi connectivity index (χ0v) is 10.2. The van der Waals surface area contributed by atoms with Gasteiger partial charge in [-0.1, -0.05) is 20.3 Å². The van der Waals surface area contributed by atoms with Crippen molar-refractivity contribution in [1.82, 2.24) is 0 Å². The zero-order valence-electron chi connectivity index (χ0n) is 10.2. The van der Waals surface area contributed by atoms with Crippen LogP contribution in [0.4, 0.5) is 0 Å². The smallest absolute Gasteiger partial charge is 0.323 e. The van der Waals surface area contributed by atoms with Crippen LogP contribution in [0, 0.1) is 5.92 Å². The van der Waals surface area contributed by atoms with Crippen LogP contribution in [0.3, 0.4) is 0 Å². The maximum absolute atomic E-state index is 11.4. The second-order valence-electron chi connectivity index (χ2n) is 4.00. The Kier molecular flexibility index (Phi) is 7.34. The molecule has 0 bridgehead atoms. The van der Waals surface area contributed by atoms with Crippen LogP contribution < -0.4 is 5.73 Å². The topological polar surface area (TPSA) is 61.6 Å². The van der Waals surface area contributed by atoms with Gasteiger partial charge in [0.2, 0.25) is 0 Å². The Labute approximate surface area is 92.1 Å². The number of carbonyl (C=O) groups excluding carboxylic acids is 1. The minimum atomic E-state index is -0.519. The summed E-state index contributed by atoms with van der Waals surface area (Å²) in [6.45, 7) is 8.52. The lowest BCUT2D eigenvalue weighted by Gasteiger charge is -2.17. The SMILES string of the molecule is CCC(C)[C@H](N)C(=O)OCCOC(C)C. The molecule has 4 nitrogen and oxygen atoms in total. The number of hydrogen-bond donors (Lipinski definition) is 1. The summed E-state index contributed by atoms with van der Waals surface area (Å²) in [4.78, 5) is 11.4. The highest BCUT2D eigenvalue weighted by atomic mass is 16.6. The van der Waals surface area contributed by atoms with E-state index in [9.17, 15) is 4.79 Å². The molecule has 0 fully saturated rings. The summed E-state index contributed by atoms with van der Waals surface area (Å²) in [6.07, 6.45) is 1.03. The van der Waals surface area contributed by atoms with Gasteiger partial charge >= 0.3 is 5.97 Å². The van der Waals surface area contributed by atoms with Gasteiger partial charge < -0.3 is 15.2 Å².